The molecule has 0 aliphatic carbocycles. The van der Waals surface area contributed by atoms with Crippen molar-refractivity contribution in [1.29, 1.82) is 0 Å². The molecule has 1 heterocycles. The molecule has 1 N–H and O–H groups in total. The van der Waals surface area contributed by atoms with Crippen LogP contribution in [0.1, 0.15) is 27.9 Å². The summed E-state index contributed by atoms with van der Waals surface area (Å²) >= 11 is 0.774. The van der Waals surface area contributed by atoms with Gasteiger partial charge in [0.2, 0.25) is 0 Å². The van der Waals surface area contributed by atoms with Crippen LogP contribution in [0.25, 0.3) is 0 Å². The molecule has 0 amide bonds. The number of hydrogen-bond acceptors (Lipinski definition) is 4. The minimum atomic E-state index is -1.05. The number of carbonyl (C=O) groups is 1. The summed E-state index contributed by atoms with van der Waals surface area (Å²) in [6, 6.07) is 7.64. The quantitative estimate of drug-likeness (QED) is 0.890. The highest BCUT2D eigenvalue weighted by Crippen LogP contribution is 2.15. The summed E-state index contributed by atoms with van der Waals surface area (Å²) in [7, 11) is 0. The number of benzene rings is 1. The smallest absolute Gasteiger partial charge is 0.347 e. The minimum absolute atomic E-state index is 0.123. The van der Waals surface area contributed by atoms with Crippen LogP contribution in [0.5, 0.6) is 5.75 Å². The van der Waals surface area contributed by atoms with E-state index < -0.39 is 5.97 Å². The van der Waals surface area contributed by atoms with Crippen molar-refractivity contribution in [3.63, 3.8) is 0 Å². The van der Waals surface area contributed by atoms with Crippen molar-refractivity contribution in [2.75, 3.05) is 6.61 Å². The highest BCUT2D eigenvalue weighted by molar-refractivity contribution is 7.11. The minimum Gasteiger partial charge on any atom is -0.492 e. The van der Waals surface area contributed by atoms with Crippen LogP contribution in [0.2, 0.25) is 0 Å². The maximum absolute atomic E-state index is 11.9. The SMILES string of the molecule is CCc1c(C(=O)O)sc(=O)n1CCOc1ccc(C)cc1. The second-order valence-corrected chi connectivity index (χ2v) is 5.58. The molecule has 0 aliphatic rings. The maximum Gasteiger partial charge on any atom is 0.347 e. The first-order valence-corrected chi connectivity index (χ1v) is 7.49. The molecule has 2 aromatic rings. The fraction of sp³-hybridized carbons (Fsp3) is 0.333. The van der Waals surface area contributed by atoms with Crippen LogP contribution >= 0.6 is 11.3 Å². The van der Waals surface area contributed by atoms with Crippen molar-refractivity contribution in [3.8, 4) is 5.75 Å². The van der Waals surface area contributed by atoms with Gasteiger partial charge >= 0.3 is 10.8 Å². The Hall–Kier alpha value is -2.08. The van der Waals surface area contributed by atoms with E-state index >= 15 is 0 Å². The largest absolute Gasteiger partial charge is 0.492 e. The number of ether oxygens (including phenoxy) is 1. The fourth-order valence-electron chi connectivity index (χ4n) is 2.07. The van der Waals surface area contributed by atoms with Crippen LogP contribution in [0.4, 0.5) is 0 Å². The van der Waals surface area contributed by atoms with Crippen LogP contribution in [0.15, 0.2) is 29.1 Å². The zero-order valence-corrected chi connectivity index (χ0v) is 12.8. The van der Waals surface area contributed by atoms with Gasteiger partial charge in [0.05, 0.1) is 6.54 Å². The Morgan fingerprint density at radius 3 is 2.57 bits per heavy atom. The number of carboxylic acids is 1. The van der Waals surface area contributed by atoms with Gasteiger partial charge in [-0.2, -0.15) is 0 Å². The molecule has 0 fully saturated rings. The number of aromatic nitrogens is 1. The van der Waals surface area contributed by atoms with Gasteiger partial charge in [-0.25, -0.2) is 4.79 Å². The molecule has 0 saturated carbocycles. The van der Waals surface area contributed by atoms with Gasteiger partial charge in [0.25, 0.3) is 0 Å². The summed E-state index contributed by atoms with van der Waals surface area (Å²) in [4.78, 5) is 22.8. The molecule has 1 aromatic carbocycles. The third-order valence-corrected chi connectivity index (χ3v) is 4.14. The molecule has 0 atom stereocenters. The Morgan fingerprint density at radius 2 is 2.00 bits per heavy atom. The lowest BCUT2D eigenvalue weighted by Crippen LogP contribution is -2.20. The lowest BCUT2D eigenvalue weighted by Gasteiger charge is -2.09. The highest BCUT2D eigenvalue weighted by Gasteiger charge is 2.18. The van der Waals surface area contributed by atoms with Crippen molar-refractivity contribution < 1.29 is 14.6 Å². The van der Waals surface area contributed by atoms with Gasteiger partial charge in [0.15, 0.2) is 0 Å². The first kappa shape index (κ1) is 15.3. The summed E-state index contributed by atoms with van der Waals surface area (Å²) in [5, 5.41) is 9.09. The van der Waals surface area contributed by atoms with E-state index in [9.17, 15) is 9.59 Å². The molecule has 21 heavy (non-hydrogen) atoms. The van der Waals surface area contributed by atoms with Crippen molar-refractivity contribution in [2.45, 2.75) is 26.8 Å². The molecule has 5 nitrogen and oxygen atoms in total. The van der Waals surface area contributed by atoms with E-state index in [2.05, 4.69) is 0 Å². The first-order valence-electron chi connectivity index (χ1n) is 6.68. The van der Waals surface area contributed by atoms with E-state index in [1.807, 2.05) is 38.1 Å². The standard InChI is InChI=1S/C15H17NO4S/c1-3-12-13(14(17)18)21-15(19)16(12)8-9-20-11-6-4-10(2)5-7-11/h4-7H,3,8-9H2,1-2H3,(H,17,18). The van der Waals surface area contributed by atoms with Crippen LogP contribution < -0.4 is 9.61 Å². The predicted octanol–water partition coefficient (Wildman–Crippen LogP) is 2.56. The number of aromatic carboxylic acids is 1. The van der Waals surface area contributed by atoms with Crippen molar-refractivity contribution in [3.05, 3.63) is 50.1 Å². The molecule has 2 rings (SSSR count). The molecule has 112 valence electrons. The van der Waals surface area contributed by atoms with Crippen LogP contribution in [0.3, 0.4) is 0 Å². The molecular formula is C15H17NO4S. The van der Waals surface area contributed by atoms with Crippen LogP contribution in [-0.4, -0.2) is 22.2 Å². The highest BCUT2D eigenvalue weighted by atomic mass is 32.1. The molecule has 0 aliphatic heterocycles. The number of aryl methyl sites for hydroxylation is 1. The van der Waals surface area contributed by atoms with E-state index in [1.165, 1.54) is 4.57 Å². The van der Waals surface area contributed by atoms with E-state index in [1.54, 1.807) is 0 Å². The Kier molecular flexibility index (Phi) is 4.80. The zero-order valence-electron chi connectivity index (χ0n) is 12.0. The van der Waals surface area contributed by atoms with Crippen molar-refractivity contribution >= 4 is 17.3 Å². The van der Waals surface area contributed by atoms with Crippen molar-refractivity contribution in [2.24, 2.45) is 0 Å². The van der Waals surface area contributed by atoms with E-state index in [-0.39, 0.29) is 9.75 Å². The third-order valence-electron chi connectivity index (χ3n) is 3.13. The summed E-state index contributed by atoms with van der Waals surface area (Å²) < 4.78 is 7.08. The molecule has 0 spiro atoms. The Labute approximate surface area is 126 Å². The summed E-state index contributed by atoms with van der Waals surface area (Å²) in [6.07, 6.45) is 0.505. The predicted molar refractivity (Wildman–Crippen MR) is 81.6 cm³/mol. The number of nitrogens with zero attached hydrogens (tertiary/aromatic N) is 1. The number of thiazole rings is 1. The maximum atomic E-state index is 11.9. The number of carboxylic acid groups (broad SMARTS) is 1. The molecule has 0 radical (unpaired) electrons. The first-order chi connectivity index (χ1) is 10.0. The fourth-order valence-corrected chi connectivity index (χ4v) is 3.01. The van der Waals surface area contributed by atoms with Gasteiger partial charge in [-0.15, -0.1) is 0 Å². The van der Waals surface area contributed by atoms with Gasteiger partial charge in [-0.1, -0.05) is 36.0 Å². The second-order valence-electron chi connectivity index (χ2n) is 4.62. The zero-order chi connectivity index (χ0) is 15.4. The second kappa shape index (κ2) is 6.58. The number of rotatable bonds is 6. The third kappa shape index (κ3) is 3.52. The Bertz CT molecular complexity index is 685. The summed E-state index contributed by atoms with van der Waals surface area (Å²) in [5.74, 6) is -0.312. The van der Waals surface area contributed by atoms with Gasteiger partial charge in [0.1, 0.15) is 17.2 Å². The lowest BCUT2D eigenvalue weighted by molar-refractivity contribution is 0.0700. The molecule has 0 unspecified atom stereocenters. The summed E-state index contributed by atoms with van der Waals surface area (Å²) in [6.45, 7) is 4.51. The van der Waals surface area contributed by atoms with Crippen LogP contribution in [0, 0.1) is 6.92 Å². The Morgan fingerprint density at radius 1 is 1.33 bits per heavy atom. The molecule has 6 heteroatoms. The van der Waals surface area contributed by atoms with Gasteiger partial charge in [-0.3, -0.25) is 9.36 Å². The molecular weight excluding hydrogens is 290 g/mol. The van der Waals surface area contributed by atoms with Gasteiger partial charge in [-0.05, 0) is 25.5 Å². The van der Waals surface area contributed by atoms with Crippen LogP contribution in [-0.2, 0) is 13.0 Å². The lowest BCUT2D eigenvalue weighted by atomic mass is 10.2. The average molecular weight is 307 g/mol. The molecule has 0 bridgehead atoms. The van der Waals surface area contributed by atoms with Gasteiger partial charge in [0, 0.05) is 5.69 Å². The van der Waals surface area contributed by atoms with Crippen molar-refractivity contribution in [1.82, 2.24) is 4.57 Å². The van der Waals surface area contributed by atoms with Gasteiger partial charge < -0.3 is 9.84 Å². The number of hydrogen-bond donors (Lipinski definition) is 1. The average Bonchev–Trinajstić information content (AvgIpc) is 2.78. The summed E-state index contributed by atoms with van der Waals surface area (Å²) in [5.41, 5.74) is 1.71. The molecule has 0 saturated heterocycles. The normalized spacial score (nSPS) is 10.6. The topological polar surface area (TPSA) is 68.5 Å². The van der Waals surface area contributed by atoms with E-state index in [4.69, 9.17) is 9.84 Å². The van der Waals surface area contributed by atoms with E-state index in [0.717, 1.165) is 22.6 Å². The monoisotopic (exact) mass is 307 g/mol. The van der Waals surface area contributed by atoms with E-state index in [0.29, 0.717) is 25.3 Å². The Balaban J connectivity index is 2.08. The molecule has 1 aromatic heterocycles.